The van der Waals surface area contributed by atoms with Gasteiger partial charge in [-0.25, -0.2) is 4.98 Å². The van der Waals surface area contributed by atoms with Crippen LogP contribution in [0.4, 0.5) is 5.13 Å². The number of aromatic nitrogens is 1. The largest absolute Gasteiger partial charge is 0.507 e. The van der Waals surface area contributed by atoms with Gasteiger partial charge < -0.3 is 24.1 Å². The molecule has 42 heavy (non-hydrogen) atoms. The number of methoxy groups -OCH3 is 3. The molecule has 3 heterocycles. The lowest BCUT2D eigenvalue weighted by Gasteiger charge is -2.24. The Morgan fingerprint density at radius 3 is 2.40 bits per heavy atom. The predicted octanol–water partition coefficient (Wildman–Crippen LogP) is 5.89. The van der Waals surface area contributed by atoms with Crippen molar-refractivity contribution in [3.8, 4) is 23.0 Å². The van der Waals surface area contributed by atoms with Gasteiger partial charge in [0.05, 0.1) is 43.2 Å². The molecule has 0 radical (unpaired) electrons. The van der Waals surface area contributed by atoms with Crippen molar-refractivity contribution < 1.29 is 33.6 Å². The molecule has 2 atom stereocenters. The fourth-order valence-electron chi connectivity index (χ4n) is 5.79. The Morgan fingerprint density at radius 2 is 1.74 bits per heavy atom. The van der Waals surface area contributed by atoms with Crippen molar-refractivity contribution in [2.45, 2.75) is 39.3 Å². The molecule has 0 aliphatic carbocycles. The zero-order valence-electron chi connectivity index (χ0n) is 24.1. The smallest absolute Gasteiger partial charge is 0.301 e. The number of amides is 1. The number of rotatable bonds is 6. The van der Waals surface area contributed by atoms with Crippen LogP contribution < -0.4 is 23.8 Å². The molecule has 0 unspecified atom stereocenters. The first-order chi connectivity index (χ1) is 20.1. The molecular weight excluding hydrogens is 556 g/mol. The number of aliphatic hydroxyl groups excluding tert-OH is 1. The topological polar surface area (TPSA) is 107 Å². The number of nitrogens with zero attached hydrogens (tertiary/aromatic N) is 2. The van der Waals surface area contributed by atoms with E-state index < -0.39 is 17.7 Å². The Hall–Kier alpha value is -4.57. The number of anilines is 1. The van der Waals surface area contributed by atoms with Crippen LogP contribution >= 0.6 is 11.3 Å². The van der Waals surface area contributed by atoms with Gasteiger partial charge in [-0.1, -0.05) is 17.4 Å². The highest BCUT2D eigenvalue weighted by Gasteiger charge is 2.49. The maximum atomic E-state index is 13.8. The van der Waals surface area contributed by atoms with Crippen LogP contribution in [0.2, 0.25) is 0 Å². The van der Waals surface area contributed by atoms with Crippen LogP contribution in [0, 0.1) is 13.8 Å². The number of hydrogen-bond acceptors (Lipinski definition) is 9. The van der Waals surface area contributed by atoms with Gasteiger partial charge in [-0.2, -0.15) is 0 Å². The average molecular weight is 587 g/mol. The highest BCUT2D eigenvalue weighted by atomic mass is 32.1. The number of carbonyl (C=O) groups is 2. The molecule has 0 bridgehead atoms. The van der Waals surface area contributed by atoms with Crippen LogP contribution in [0.25, 0.3) is 16.0 Å². The second-order valence-electron chi connectivity index (χ2n) is 10.5. The summed E-state index contributed by atoms with van der Waals surface area (Å²) in [6.07, 6.45) is 0.680. The van der Waals surface area contributed by atoms with Gasteiger partial charge >= 0.3 is 5.91 Å². The van der Waals surface area contributed by atoms with Gasteiger partial charge in [-0.05, 0) is 79.4 Å². The quantitative estimate of drug-likeness (QED) is 0.169. The molecule has 1 saturated heterocycles. The maximum Gasteiger partial charge on any atom is 0.301 e. The minimum atomic E-state index is -1.02. The van der Waals surface area contributed by atoms with Gasteiger partial charge in [0.15, 0.2) is 16.6 Å². The first-order valence-corrected chi connectivity index (χ1v) is 14.3. The number of hydrogen-bond donors (Lipinski definition) is 1. The van der Waals surface area contributed by atoms with E-state index in [1.807, 2.05) is 32.9 Å². The van der Waals surface area contributed by atoms with E-state index in [4.69, 9.17) is 23.9 Å². The molecule has 0 saturated carbocycles. The fourth-order valence-corrected chi connectivity index (χ4v) is 6.96. The molecule has 1 amide bonds. The van der Waals surface area contributed by atoms with Crippen LogP contribution in [-0.2, 0) is 16.0 Å². The molecule has 1 aromatic heterocycles. The number of Topliss-reactive ketones (excluding diaryl/α,β-unsaturated/α-hetero) is 1. The van der Waals surface area contributed by atoms with Gasteiger partial charge in [-0.15, -0.1) is 0 Å². The molecule has 2 aliphatic rings. The van der Waals surface area contributed by atoms with Crippen LogP contribution in [0.1, 0.15) is 40.8 Å². The van der Waals surface area contributed by atoms with Crippen LogP contribution in [0.5, 0.6) is 23.0 Å². The van der Waals surface area contributed by atoms with Crippen LogP contribution in [0.3, 0.4) is 0 Å². The van der Waals surface area contributed by atoms with E-state index in [0.717, 1.165) is 32.7 Å². The molecule has 1 N–H and O–H groups in total. The summed E-state index contributed by atoms with van der Waals surface area (Å²) in [5, 5.41) is 12.1. The van der Waals surface area contributed by atoms with Crippen molar-refractivity contribution in [2.75, 3.05) is 26.2 Å². The monoisotopic (exact) mass is 586 g/mol. The molecule has 3 aromatic carbocycles. The fraction of sp³-hybridized carbons (Fsp3) is 0.281. The van der Waals surface area contributed by atoms with Crippen molar-refractivity contribution in [1.29, 1.82) is 0 Å². The Morgan fingerprint density at radius 1 is 1.02 bits per heavy atom. The normalized spacial score (nSPS) is 19.2. The van der Waals surface area contributed by atoms with E-state index >= 15 is 0 Å². The predicted molar refractivity (Wildman–Crippen MR) is 160 cm³/mol. The van der Waals surface area contributed by atoms with Crippen molar-refractivity contribution in [3.63, 3.8) is 0 Å². The van der Waals surface area contributed by atoms with Gasteiger partial charge in [-0.3, -0.25) is 14.5 Å². The van der Waals surface area contributed by atoms with E-state index in [9.17, 15) is 14.7 Å². The number of benzene rings is 3. The number of fused-ring (bicyclic) bond motifs is 2. The zero-order chi connectivity index (χ0) is 29.9. The van der Waals surface area contributed by atoms with Crippen molar-refractivity contribution in [2.24, 2.45) is 0 Å². The third kappa shape index (κ3) is 4.34. The van der Waals surface area contributed by atoms with Gasteiger partial charge in [0, 0.05) is 12.0 Å². The summed E-state index contributed by atoms with van der Waals surface area (Å²) in [5.74, 6) is -0.107. The van der Waals surface area contributed by atoms with E-state index in [0.29, 0.717) is 39.9 Å². The molecule has 216 valence electrons. The SMILES string of the molecule is COc1cc([C@H]2/C(=C(\O)c3ccc4c(c3)C[C@@H](C)O4)C(=O)C(=O)N2c2nc3c(C)cc(C)cc3s2)cc(OC)c1OC. The standard InChI is InChI=1S/C32H30N2O7S/c1-15-9-16(2)26-24(10-15)42-32(33-26)34-27(20-13-22(38-4)30(40-6)23(14-20)39-5)25(29(36)31(34)37)28(35)18-7-8-21-19(12-18)11-17(3)41-21/h7-10,12-14,17,27,35H,11H2,1-6H3/b28-25+/t17-,27+/m1/s1. The lowest BCUT2D eigenvalue weighted by atomic mass is 9.94. The van der Waals surface area contributed by atoms with E-state index in [1.165, 1.54) is 37.6 Å². The summed E-state index contributed by atoms with van der Waals surface area (Å²) in [7, 11) is 4.48. The third-order valence-corrected chi connectivity index (χ3v) is 8.64. The summed E-state index contributed by atoms with van der Waals surface area (Å²) in [6.45, 7) is 5.93. The number of ether oxygens (including phenoxy) is 4. The van der Waals surface area contributed by atoms with E-state index in [1.54, 1.807) is 30.3 Å². The van der Waals surface area contributed by atoms with Crippen molar-refractivity contribution in [1.82, 2.24) is 4.98 Å². The molecule has 1 fully saturated rings. The zero-order valence-corrected chi connectivity index (χ0v) is 24.9. The van der Waals surface area contributed by atoms with Gasteiger partial charge in [0.1, 0.15) is 17.6 Å². The highest BCUT2D eigenvalue weighted by Crippen LogP contribution is 2.48. The van der Waals surface area contributed by atoms with Gasteiger partial charge in [0.25, 0.3) is 5.78 Å². The summed E-state index contributed by atoms with van der Waals surface area (Å²) >= 11 is 1.31. The summed E-state index contributed by atoms with van der Waals surface area (Å²) in [5.41, 5.74) is 4.53. The molecule has 6 rings (SSSR count). The van der Waals surface area contributed by atoms with Crippen molar-refractivity contribution in [3.05, 3.63) is 75.9 Å². The number of aryl methyl sites for hydroxylation is 2. The Bertz CT molecular complexity index is 1780. The average Bonchev–Trinajstić information content (AvgIpc) is 3.64. The lowest BCUT2D eigenvalue weighted by molar-refractivity contribution is -0.132. The summed E-state index contributed by atoms with van der Waals surface area (Å²) < 4.78 is 23.4. The van der Waals surface area contributed by atoms with E-state index in [2.05, 4.69) is 0 Å². The first-order valence-electron chi connectivity index (χ1n) is 13.4. The molecule has 10 heteroatoms. The summed E-state index contributed by atoms with van der Waals surface area (Å²) in [4.78, 5) is 33.8. The van der Waals surface area contributed by atoms with Crippen molar-refractivity contribution >= 4 is 44.1 Å². The molecule has 9 nitrogen and oxygen atoms in total. The second kappa shape index (κ2) is 10.4. The second-order valence-corrected chi connectivity index (χ2v) is 11.5. The number of aliphatic hydroxyl groups is 1. The molecule has 4 aromatic rings. The number of thiazole rings is 1. The Kier molecular flexibility index (Phi) is 6.81. The molecule has 0 spiro atoms. The number of carbonyl (C=O) groups excluding carboxylic acids is 2. The summed E-state index contributed by atoms with van der Waals surface area (Å²) in [6, 6.07) is 11.6. The van der Waals surface area contributed by atoms with Gasteiger partial charge in [0.2, 0.25) is 5.75 Å². The highest BCUT2D eigenvalue weighted by molar-refractivity contribution is 7.22. The number of ketones is 1. The Balaban J connectivity index is 1.60. The minimum Gasteiger partial charge on any atom is -0.507 e. The van der Waals surface area contributed by atoms with E-state index in [-0.39, 0.29) is 17.4 Å². The maximum absolute atomic E-state index is 13.8. The third-order valence-electron chi connectivity index (χ3n) is 7.64. The first kappa shape index (κ1) is 27.6. The molecular formula is C32H30N2O7S. The molecule has 2 aliphatic heterocycles. The minimum absolute atomic E-state index is 0.00772. The van der Waals surface area contributed by atoms with Crippen LogP contribution in [-0.4, -0.2) is 49.2 Å². The Labute approximate surface area is 246 Å². The lowest BCUT2D eigenvalue weighted by Crippen LogP contribution is -2.29. The van der Waals surface area contributed by atoms with Crippen LogP contribution in [0.15, 0.2) is 48.0 Å².